The zero-order valence-electron chi connectivity index (χ0n) is 17.5. The quantitative estimate of drug-likeness (QED) is 0.463. The molecule has 2 heterocycles. The predicted octanol–water partition coefficient (Wildman–Crippen LogP) is 3.88. The topological polar surface area (TPSA) is 99.4 Å². The normalized spacial score (nSPS) is 10.7. The maximum atomic E-state index is 10.1. The van der Waals surface area contributed by atoms with Gasteiger partial charge in [-0.1, -0.05) is 0 Å². The van der Waals surface area contributed by atoms with Crippen LogP contribution in [-0.2, 0) is 0 Å². The second kappa shape index (κ2) is 8.31. The van der Waals surface area contributed by atoms with Crippen molar-refractivity contribution in [2.24, 2.45) is 0 Å². The highest BCUT2D eigenvalue weighted by Crippen LogP contribution is 2.40. The number of aromatic nitrogens is 3. The van der Waals surface area contributed by atoms with Crippen LogP contribution in [0.3, 0.4) is 0 Å². The highest BCUT2D eigenvalue weighted by molar-refractivity contribution is 5.70. The Morgan fingerprint density at radius 2 is 1.48 bits per heavy atom. The zero-order valence-corrected chi connectivity index (χ0v) is 17.5. The number of anilines is 2. The van der Waals surface area contributed by atoms with Gasteiger partial charge in [-0.05, 0) is 30.3 Å². The molecule has 0 aliphatic heterocycles. The molecule has 0 aliphatic carbocycles. The Bertz CT molecular complexity index is 1210. The summed E-state index contributed by atoms with van der Waals surface area (Å²) in [6, 6.07) is 12.5. The lowest BCUT2D eigenvalue weighted by Crippen LogP contribution is -1.99. The number of methoxy groups -OCH3 is 4. The predicted molar refractivity (Wildman–Crippen MR) is 116 cm³/mol. The summed E-state index contributed by atoms with van der Waals surface area (Å²) in [6.45, 7) is 0. The largest absolute Gasteiger partial charge is 0.504 e. The number of nitrogens with zero attached hydrogens (tertiary/aromatic N) is 3. The lowest BCUT2D eigenvalue weighted by molar-refractivity contribution is 0.324. The molecule has 4 aromatic rings. The fraction of sp³-hybridized carbons (Fsp3) is 0.182. The van der Waals surface area contributed by atoms with Crippen LogP contribution in [0.1, 0.15) is 0 Å². The Morgan fingerprint density at radius 3 is 2.10 bits per heavy atom. The molecule has 0 amide bonds. The monoisotopic (exact) mass is 422 g/mol. The second-order valence-corrected chi connectivity index (χ2v) is 6.60. The third kappa shape index (κ3) is 3.73. The molecule has 2 N–H and O–H groups in total. The van der Waals surface area contributed by atoms with Crippen molar-refractivity contribution in [1.29, 1.82) is 0 Å². The van der Waals surface area contributed by atoms with Crippen LogP contribution in [0, 0.1) is 0 Å². The molecule has 0 spiro atoms. The van der Waals surface area contributed by atoms with Gasteiger partial charge in [-0.15, -0.1) is 10.2 Å². The van der Waals surface area contributed by atoms with Crippen molar-refractivity contribution < 1.29 is 24.1 Å². The van der Waals surface area contributed by atoms with E-state index in [4.69, 9.17) is 18.9 Å². The molecule has 2 aromatic carbocycles. The average Bonchev–Trinajstić information content (AvgIpc) is 3.21. The number of benzene rings is 2. The Balaban J connectivity index is 1.72. The minimum Gasteiger partial charge on any atom is -0.504 e. The van der Waals surface area contributed by atoms with Crippen LogP contribution in [0.5, 0.6) is 28.7 Å². The number of phenols is 1. The Kier molecular flexibility index (Phi) is 5.40. The average molecular weight is 422 g/mol. The first-order valence-electron chi connectivity index (χ1n) is 9.37. The number of aromatic hydroxyl groups is 1. The van der Waals surface area contributed by atoms with Crippen LogP contribution in [0.15, 0.2) is 48.7 Å². The van der Waals surface area contributed by atoms with Crippen LogP contribution in [0.4, 0.5) is 11.4 Å². The standard InChI is InChI=1S/C22H22N4O5/c1-28-17-7-5-13(9-16(17)27)22-25-24-20-8-6-14(12-26(20)22)23-15-10-18(29-2)21(31-4)19(11-15)30-3/h5-12,23,27H,1-4H3. The van der Waals surface area contributed by atoms with Gasteiger partial charge in [-0.2, -0.15) is 0 Å². The maximum Gasteiger partial charge on any atom is 0.203 e. The molecule has 0 aliphatic rings. The van der Waals surface area contributed by atoms with Gasteiger partial charge in [0.15, 0.2) is 34.5 Å². The lowest BCUT2D eigenvalue weighted by atomic mass is 10.2. The number of nitrogens with one attached hydrogen (secondary N) is 1. The first-order valence-corrected chi connectivity index (χ1v) is 9.37. The van der Waals surface area contributed by atoms with E-state index >= 15 is 0 Å². The van der Waals surface area contributed by atoms with Gasteiger partial charge >= 0.3 is 0 Å². The van der Waals surface area contributed by atoms with Crippen molar-refractivity contribution in [3.8, 4) is 40.1 Å². The molecule has 0 atom stereocenters. The highest BCUT2D eigenvalue weighted by Gasteiger charge is 2.15. The van der Waals surface area contributed by atoms with E-state index in [1.54, 1.807) is 33.5 Å². The van der Waals surface area contributed by atoms with E-state index in [9.17, 15) is 5.11 Å². The number of hydrogen-bond donors (Lipinski definition) is 2. The lowest BCUT2D eigenvalue weighted by Gasteiger charge is -2.15. The van der Waals surface area contributed by atoms with E-state index in [2.05, 4.69) is 15.5 Å². The van der Waals surface area contributed by atoms with Crippen molar-refractivity contribution in [3.63, 3.8) is 0 Å². The molecule has 0 saturated heterocycles. The number of phenolic OH excluding ortho intramolecular Hbond substituents is 1. The van der Waals surface area contributed by atoms with Crippen molar-refractivity contribution >= 4 is 17.0 Å². The molecule has 0 radical (unpaired) electrons. The summed E-state index contributed by atoms with van der Waals surface area (Å²) in [5.74, 6) is 2.62. The second-order valence-electron chi connectivity index (χ2n) is 6.60. The number of fused-ring (bicyclic) bond motifs is 1. The van der Waals surface area contributed by atoms with Crippen LogP contribution in [0.2, 0.25) is 0 Å². The summed E-state index contributed by atoms with van der Waals surface area (Å²) in [7, 11) is 6.20. The van der Waals surface area contributed by atoms with Gasteiger partial charge in [0.1, 0.15) is 0 Å². The summed E-state index contributed by atoms with van der Waals surface area (Å²) in [4.78, 5) is 0. The van der Waals surface area contributed by atoms with Crippen molar-refractivity contribution in [1.82, 2.24) is 14.6 Å². The first-order chi connectivity index (χ1) is 15.1. The van der Waals surface area contributed by atoms with Gasteiger partial charge in [-0.25, -0.2) is 0 Å². The molecular formula is C22H22N4O5. The Hall–Kier alpha value is -4.14. The molecule has 4 rings (SSSR count). The number of pyridine rings is 1. The van der Waals surface area contributed by atoms with Gasteiger partial charge < -0.3 is 29.4 Å². The Morgan fingerprint density at radius 1 is 0.774 bits per heavy atom. The first kappa shape index (κ1) is 20.1. The molecule has 0 saturated carbocycles. The van der Waals surface area contributed by atoms with E-state index in [1.807, 2.05) is 40.9 Å². The minimum absolute atomic E-state index is 0.0310. The van der Waals surface area contributed by atoms with Crippen LogP contribution >= 0.6 is 0 Å². The van der Waals surface area contributed by atoms with Crippen LogP contribution < -0.4 is 24.3 Å². The van der Waals surface area contributed by atoms with E-state index in [1.165, 1.54) is 7.11 Å². The third-order valence-corrected chi connectivity index (χ3v) is 4.79. The van der Waals surface area contributed by atoms with Gasteiger partial charge in [0, 0.05) is 29.6 Å². The van der Waals surface area contributed by atoms with Crippen LogP contribution in [0.25, 0.3) is 17.0 Å². The smallest absolute Gasteiger partial charge is 0.203 e. The number of ether oxygens (including phenoxy) is 4. The molecule has 0 fully saturated rings. The van der Waals surface area contributed by atoms with Crippen molar-refractivity contribution in [2.45, 2.75) is 0 Å². The fourth-order valence-corrected chi connectivity index (χ4v) is 3.31. The minimum atomic E-state index is 0.0310. The molecule has 160 valence electrons. The van der Waals surface area contributed by atoms with Gasteiger partial charge in [0.25, 0.3) is 0 Å². The number of hydrogen-bond acceptors (Lipinski definition) is 8. The summed E-state index contributed by atoms with van der Waals surface area (Å²) < 4.78 is 23.2. The molecule has 31 heavy (non-hydrogen) atoms. The molecular weight excluding hydrogens is 400 g/mol. The molecule has 9 nitrogen and oxygen atoms in total. The van der Waals surface area contributed by atoms with Crippen molar-refractivity contribution in [2.75, 3.05) is 33.8 Å². The molecule has 9 heteroatoms. The summed E-state index contributed by atoms with van der Waals surface area (Å²) in [6.07, 6.45) is 1.87. The van der Waals surface area contributed by atoms with E-state index < -0.39 is 0 Å². The van der Waals surface area contributed by atoms with E-state index in [-0.39, 0.29) is 5.75 Å². The van der Waals surface area contributed by atoms with Gasteiger partial charge in [0.2, 0.25) is 5.75 Å². The fourth-order valence-electron chi connectivity index (χ4n) is 3.31. The summed E-state index contributed by atoms with van der Waals surface area (Å²) in [5.41, 5.74) is 2.92. The van der Waals surface area contributed by atoms with E-state index in [0.29, 0.717) is 40.0 Å². The van der Waals surface area contributed by atoms with E-state index in [0.717, 1.165) is 11.4 Å². The SMILES string of the molecule is COc1ccc(-c2nnc3ccc(Nc4cc(OC)c(OC)c(OC)c4)cn23)cc1O. The maximum absolute atomic E-state index is 10.1. The van der Waals surface area contributed by atoms with Crippen molar-refractivity contribution in [3.05, 3.63) is 48.7 Å². The third-order valence-electron chi connectivity index (χ3n) is 4.79. The van der Waals surface area contributed by atoms with Gasteiger partial charge in [-0.3, -0.25) is 4.40 Å². The molecule has 0 unspecified atom stereocenters. The summed E-state index contributed by atoms with van der Waals surface area (Å²) >= 11 is 0. The highest BCUT2D eigenvalue weighted by atomic mass is 16.5. The summed E-state index contributed by atoms with van der Waals surface area (Å²) in [5, 5.41) is 21.9. The molecule has 2 aromatic heterocycles. The van der Waals surface area contributed by atoms with Gasteiger partial charge in [0.05, 0.1) is 34.1 Å². The molecule has 0 bridgehead atoms. The van der Waals surface area contributed by atoms with Crippen LogP contribution in [-0.4, -0.2) is 48.1 Å². The zero-order chi connectivity index (χ0) is 22.0. The number of rotatable bonds is 7. The Labute approximate surface area is 178 Å².